The van der Waals surface area contributed by atoms with Gasteiger partial charge in [-0.05, 0) is 48.1 Å². The Hall–Kier alpha value is -3.36. The van der Waals surface area contributed by atoms with Crippen molar-refractivity contribution in [3.8, 4) is 0 Å². The number of halogens is 4. The second-order valence-electron chi connectivity index (χ2n) is 9.97. The minimum absolute atomic E-state index is 0.0705. The monoisotopic (exact) mass is 541 g/mol. The number of likely N-dealkylation sites (tertiary alicyclic amines) is 2. The van der Waals surface area contributed by atoms with Crippen molar-refractivity contribution in [2.24, 2.45) is 11.8 Å². The normalized spacial score (nSPS) is 19.8. The first-order valence-corrected chi connectivity index (χ1v) is 12.9. The molecule has 0 radical (unpaired) electrons. The number of carbonyl (C=O) groups excluding carboxylic acids is 2. The van der Waals surface area contributed by atoms with E-state index in [9.17, 15) is 22.8 Å². The van der Waals surface area contributed by atoms with E-state index in [-0.39, 0.29) is 39.9 Å². The minimum atomic E-state index is -0.806. The average Bonchev–Trinajstić information content (AvgIpc) is 3.45. The Labute approximate surface area is 224 Å². The number of fused-ring (bicyclic) bond motifs is 1. The molecule has 2 fully saturated rings. The molecule has 0 aromatic heterocycles. The lowest BCUT2D eigenvalue weighted by Crippen LogP contribution is -2.35. The number of nitrogens with one attached hydrogen (secondary N) is 1. The van der Waals surface area contributed by atoms with E-state index >= 15 is 0 Å². The molecule has 3 aromatic carbocycles. The van der Waals surface area contributed by atoms with Crippen LogP contribution in [-0.4, -0.2) is 54.3 Å². The maximum Gasteiger partial charge on any atom is 0.258 e. The third kappa shape index (κ3) is 5.71. The molecule has 0 spiro atoms. The van der Waals surface area contributed by atoms with E-state index in [0.717, 1.165) is 36.9 Å². The van der Waals surface area contributed by atoms with Crippen molar-refractivity contribution < 1.29 is 22.8 Å². The number of hydrogen-bond acceptors (Lipinski definition) is 3. The molecular formula is C29H27ClF3N3O2. The third-order valence-electron chi connectivity index (χ3n) is 7.39. The molecule has 1 N–H and O–H groups in total. The van der Waals surface area contributed by atoms with Crippen molar-refractivity contribution in [3.63, 3.8) is 0 Å². The lowest BCUT2D eigenvalue weighted by molar-refractivity contribution is 0.0769. The van der Waals surface area contributed by atoms with Gasteiger partial charge in [-0.15, -0.1) is 0 Å². The molecule has 9 heteroatoms. The van der Waals surface area contributed by atoms with E-state index in [1.807, 2.05) is 30.3 Å². The highest BCUT2D eigenvalue weighted by atomic mass is 35.5. The molecule has 198 valence electrons. The Morgan fingerprint density at radius 2 is 1.55 bits per heavy atom. The van der Waals surface area contributed by atoms with Crippen LogP contribution in [0.3, 0.4) is 0 Å². The lowest BCUT2D eigenvalue weighted by atomic mass is 10.0. The van der Waals surface area contributed by atoms with Crippen LogP contribution in [-0.2, 0) is 0 Å². The van der Waals surface area contributed by atoms with Gasteiger partial charge in [0.1, 0.15) is 17.5 Å². The van der Waals surface area contributed by atoms with Gasteiger partial charge in [-0.2, -0.15) is 0 Å². The van der Waals surface area contributed by atoms with E-state index in [1.54, 1.807) is 4.90 Å². The first kappa shape index (κ1) is 26.3. The molecule has 5 rings (SSSR count). The van der Waals surface area contributed by atoms with Crippen molar-refractivity contribution in [1.29, 1.82) is 0 Å². The van der Waals surface area contributed by atoms with Gasteiger partial charge in [0.25, 0.3) is 11.8 Å². The van der Waals surface area contributed by atoms with Gasteiger partial charge >= 0.3 is 0 Å². The number of benzene rings is 3. The molecule has 0 aliphatic carbocycles. The van der Waals surface area contributed by atoms with Crippen LogP contribution in [0.1, 0.15) is 38.7 Å². The smallest absolute Gasteiger partial charge is 0.258 e. The van der Waals surface area contributed by atoms with Crippen molar-refractivity contribution in [2.45, 2.75) is 12.5 Å². The molecular weight excluding hydrogens is 515 g/mol. The highest BCUT2D eigenvalue weighted by Gasteiger charge is 2.42. The molecule has 2 aliphatic rings. The summed E-state index contributed by atoms with van der Waals surface area (Å²) in [6.07, 6.45) is 0.598. The number of carbonyl (C=O) groups is 2. The summed E-state index contributed by atoms with van der Waals surface area (Å²) in [7, 11) is 0. The van der Waals surface area contributed by atoms with Gasteiger partial charge < -0.3 is 15.1 Å². The van der Waals surface area contributed by atoms with Crippen LogP contribution in [0.5, 0.6) is 0 Å². The van der Waals surface area contributed by atoms with Gasteiger partial charge in [-0.25, -0.2) is 13.2 Å². The molecule has 2 saturated heterocycles. The minimum Gasteiger partial charge on any atom is -0.345 e. The zero-order chi connectivity index (χ0) is 26.8. The van der Waals surface area contributed by atoms with Crippen molar-refractivity contribution >= 4 is 23.4 Å². The Morgan fingerprint density at radius 1 is 0.895 bits per heavy atom. The summed E-state index contributed by atoms with van der Waals surface area (Å²) in [6.45, 7) is 3.33. The van der Waals surface area contributed by atoms with Crippen LogP contribution < -0.4 is 5.32 Å². The van der Waals surface area contributed by atoms with Gasteiger partial charge in [-0.1, -0.05) is 48.0 Å². The lowest BCUT2D eigenvalue weighted by Gasteiger charge is -2.25. The van der Waals surface area contributed by atoms with E-state index < -0.39 is 23.4 Å². The van der Waals surface area contributed by atoms with Gasteiger partial charge in [-0.3, -0.25) is 9.59 Å². The topological polar surface area (TPSA) is 52.7 Å². The van der Waals surface area contributed by atoms with Crippen molar-refractivity contribution in [2.75, 3.05) is 32.7 Å². The van der Waals surface area contributed by atoms with E-state index in [0.29, 0.717) is 26.1 Å². The number of nitrogens with zero attached hydrogens (tertiary/aromatic N) is 2. The van der Waals surface area contributed by atoms with Gasteiger partial charge in [0.15, 0.2) is 0 Å². The highest BCUT2D eigenvalue weighted by molar-refractivity contribution is 6.33. The summed E-state index contributed by atoms with van der Waals surface area (Å²) in [5, 5.41) is 3.04. The van der Waals surface area contributed by atoms with Gasteiger partial charge in [0.2, 0.25) is 0 Å². The van der Waals surface area contributed by atoms with E-state index in [1.165, 1.54) is 18.2 Å². The SMILES string of the molecule is O=C(NC(CCN1CC2CN(C(=O)c3c(F)cccc3Cl)CC2C1)c1ccccc1)c1cc(F)cc(F)c1. The predicted molar refractivity (Wildman–Crippen MR) is 138 cm³/mol. The predicted octanol–water partition coefficient (Wildman–Crippen LogP) is 5.32. The summed E-state index contributed by atoms with van der Waals surface area (Å²) in [6, 6.07) is 16.1. The molecule has 3 unspecified atom stereocenters. The van der Waals surface area contributed by atoms with Crippen LogP contribution in [0.2, 0.25) is 5.02 Å². The molecule has 5 nitrogen and oxygen atoms in total. The first-order chi connectivity index (χ1) is 18.3. The van der Waals surface area contributed by atoms with E-state index in [4.69, 9.17) is 11.6 Å². The second-order valence-corrected chi connectivity index (χ2v) is 10.4. The Morgan fingerprint density at radius 3 is 2.18 bits per heavy atom. The highest BCUT2D eigenvalue weighted by Crippen LogP contribution is 2.34. The summed E-state index contributed by atoms with van der Waals surface area (Å²) < 4.78 is 41.6. The number of amides is 2. The maximum atomic E-state index is 14.3. The fourth-order valence-corrected chi connectivity index (χ4v) is 5.79. The maximum absolute atomic E-state index is 14.3. The number of hydrogen-bond donors (Lipinski definition) is 1. The standard InChI is InChI=1S/C29H27ClF3N3O2/c30-24-7-4-8-25(33)27(24)29(38)36-16-20-14-35(15-21(20)17-36)10-9-26(18-5-2-1-3-6-18)34-28(37)19-11-22(31)13-23(32)12-19/h1-8,11-13,20-21,26H,9-10,14-17H2,(H,34,37). The third-order valence-corrected chi connectivity index (χ3v) is 7.71. The van der Waals surface area contributed by atoms with Crippen LogP contribution >= 0.6 is 11.6 Å². The fourth-order valence-electron chi connectivity index (χ4n) is 5.54. The second kappa shape index (κ2) is 11.2. The summed E-state index contributed by atoms with van der Waals surface area (Å²) in [4.78, 5) is 29.7. The molecule has 3 aromatic rings. The molecule has 2 amide bonds. The van der Waals surface area contributed by atoms with Crippen molar-refractivity contribution in [3.05, 3.63) is 106 Å². The van der Waals surface area contributed by atoms with Crippen LogP contribution in [0, 0.1) is 29.3 Å². The van der Waals surface area contributed by atoms with Crippen LogP contribution in [0.15, 0.2) is 66.7 Å². The molecule has 38 heavy (non-hydrogen) atoms. The summed E-state index contributed by atoms with van der Waals surface area (Å²) >= 11 is 6.10. The van der Waals surface area contributed by atoms with Crippen LogP contribution in [0.4, 0.5) is 13.2 Å². The molecule has 2 aliphatic heterocycles. The van der Waals surface area contributed by atoms with Gasteiger partial charge in [0, 0.05) is 44.4 Å². The quantitative estimate of drug-likeness (QED) is 0.440. The van der Waals surface area contributed by atoms with Crippen LogP contribution in [0.25, 0.3) is 0 Å². The van der Waals surface area contributed by atoms with Gasteiger partial charge in [0.05, 0.1) is 16.6 Å². The zero-order valence-corrected chi connectivity index (χ0v) is 21.3. The fraction of sp³-hybridized carbons (Fsp3) is 0.310. The zero-order valence-electron chi connectivity index (χ0n) is 20.5. The summed E-state index contributed by atoms with van der Waals surface area (Å²) in [5.41, 5.74) is 0.750. The Kier molecular flexibility index (Phi) is 7.72. The first-order valence-electron chi connectivity index (χ1n) is 12.6. The molecule has 0 saturated carbocycles. The Bertz CT molecular complexity index is 1290. The molecule has 3 atom stereocenters. The average molecular weight is 542 g/mol. The molecule has 0 bridgehead atoms. The Balaban J connectivity index is 1.20. The largest absolute Gasteiger partial charge is 0.345 e. The van der Waals surface area contributed by atoms with E-state index in [2.05, 4.69) is 10.2 Å². The molecule has 2 heterocycles. The summed E-state index contributed by atoms with van der Waals surface area (Å²) in [5.74, 6) is -2.61. The number of rotatable bonds is 7. The van der Waals surface area contributed by atoms with Crippen molar-refractivity contribution in [1.82, 2.24) is 15.1 Å².